The number of fused-ring (bicyclic) bond motifs is 1. The molecule has 8 nitrogen and oxygen atoms in total. The zero-order valence-electron chi connectivity index (χ0n) is 13.6. The molecule has 0 amide bonds. The Bertz CT molecular complexity index is 863. The average Bonchev–Trinajstić information content (AvgIpc) is 3.12. The van der Waals surface area contributed by atoms with Crippen LogP contribution in [0.1, 0.15) is 11.4 Å². The van der Waals surface area contributed by atoms with Gasteiger partial charge < -0.3 is 19.9 Å². The van der Waals surface area contributed by atoms with E-state index in [1.54, 1.807) is 18.6 Å². The van der Waals surface area contributed by atoms with Crippen LogP contribution in [0.25, 0.3) is 11.2 Å². The summed E-state index contributed by atoms with van der Waals surface area (Å²) in [5.41, 5.74) is 2.01. The normalized spacial score (nSPS) is 15.0. The molecule has 0 atom stereocenters. The van der Waals surface area contributed by atoms with Crippen molar-refractivity contribution >= 4 is 17.0 Å². The van der Waals surface area contributed by atoms with Gasteiger partial charge in [-0.05, 0) is 6.07 Å². The quantitative estimate of drug-likeness (QED) is 0.714. The SMILES string of the molecule is Fc1cnccc1CNCc1nc(N2CCOCC2)c2[nH]cnc2n1. The molecule has 3 aromatic rings. The number of pyridine rings is 1. The van der Waals surface area contributed by atoms with Crippen molar-refractivity contribution in [2.45, 2.75) is 13.1 Å². The van der Waals surface area contributed by atoms with Crippen molar-refractivity contribution in [2.75, 3.05) is 31.2 Å². The van der Waals surface area contributed by atoms with E-state index in [1.807, 2.05) is 0 Å². The molecule has 1 aliphatic heterocycles. The Labute approximate surface area is 143 Å². The molecule has 1 aliphatic rings. The number of nitrogens with zero attached hydrogens (tertiary/aromatic N) is 5. The van der Waals surface area contributed by atoms with E-state index in [9.17, 15) is 4.39 Å². The Kier molecular flexibility index (Phi) is 4.49. The Hall–Kier alpha value is -2.65. The molecule has 4 rings (SSSR count). The van der Waals surface area contributed by atoms with Crippen molar-refractivity contribution in [3.63, 3.8) is 0 Å². The molecule has 0 bridgehead atoms. The lowest BCUT2D eigenvalue weighted by atomic mass is 10.2. The molecule has 4 heterocycles. The van der Waals surface area contributed by atoms with Crippen LogP contribution in [0.15, 0.2) is 24.8 Å². The van der Waals surface area contributed by atoms with Crippen molar-refractivity contribution in [2.24, 2.45) is 0 Å². The predicted octanol–water partition coefficient (Wildman–Crippen LogP) is 1.01. The number of rotatable bonds is 5. The number of aromatic amines is 1. The van der Waals surface area contributed by atoms with E-state index in [0.29, 0.717) is 43.3 Å². The van der Waals surface area contributed by atoms with Gasteiger partial charge in [0.05, 0.1) is 32.3 Å². The fourth-order valence-electron chi connectivity index (χ4n) is 2.80. The van der Waals surface area contributed by atoms with Crippen molar-refractivity contribution in [3.8, 4) is 0 Å². The number of H-pyrrole nitrogens is 1. The van der Waals surface area contributed by atoms with E-state index in [-0.39, 0.29) is 5.82 Å². The standard InChI is InChI=1S/C16H18FN7O/c17-12-8-18-2-1-11(12)7-19-9-13-22-15-14(20-10-21-15)16(23-13)24-3-5-25-6-4-24/h1-2,8,10,19H,3-7,9H2,(H,20,21,22,23). The number of morpholine rings is 1. The third-order valence-electron chi connectivity index (χ3n) is 4.08. The fraction of sp³-hybridized carbons (Fsp3) is 0.375. The minimum absolute atomic E-state index is 0.326. The van der Waals surface area contributed by atoms with Gasteiger partial charge >= 0.3 is 0 Å². The van der Waals surface area contributed by atoms with Crippen LogP contribution < -0.4 is 10.2 Å². The molecule has 0 aliphatic carbocycles. The van der Waals surface area contributed by atoms with Crippen LogP contribution >= 0.6 is 0 Å². The summed E-state index contributed by atoms with van der Waals surface area (Å²) in [5, 5.41) is 3.17. The molecule has 1 saturated heterocycles. The van der Waals surface area contributed by atoms with Gasteiger partial charge in [-0.2, -0.15) is 0 Å². The topological polar surface area (TPSA) is 91.8 Å². The Morgan fingerprint density at radius 1 is 1.24 bits per heavy atom. The van der Waals surface area contributed by atoms with Crippen LogP contribution in [0.3, 0.4) is 0 Å². The minimum Gasteiger partial charge on any atom is -0.378 e. The van der Waals surface area contributed by atoms with E-state index in [2.05, 4.69) is 35.1 Å². The van der Waals surface area contributed by atoms with Crippen LogP contribution in [0, 0.1) is 5.82 Å². The van der Waals surface area contributed by atoms with Crippen molar-refractivity contribution in [1.82, 2.24) is 30.2 Å². The third-order valence-corrected chi connectivity index (χ3v) is 4.08. The highest BCUT2D eigenvalue weighted by Gasteiger charge is 2.18. The summed E-state index contributed by atoms with van der Waals surface area (Å²) in [4.78, 5) is 22.4. The summed E-state index contributed by atoms with van der Waals surface area (Å²) in [7, 11) is 0. The van der Waals surface area contributed by atoms with E-state index in [4.69, 9.17) is 4.74 Å². The van der Waals surface area contributed by atoms with Crippen LogP contribution in [0.4, 0.5) is 10.2 Å². The lowest BCUT2D eigenvalue weighted by molar-refractivity contribution is 0.122. The smallest absolute Gasteiger partial charge is 0.183 e. The first-order valence-corrected chi connectivity index (χ1v) is 8.13. The summed E-state index contributed by atoms with van der Waals surface area (Å²) in [6.45, 7) is 3.70. The van der Waals surface area contributed by atoms with Gasteiger partial charge in [0.25, 0.3) is 0 Å². The summed E-state index contributed by atoms with van der Waals surface area (Å²) in [6, 6.07) is 1.65. The number of hydrogen-bond acceptors (Lipinski definition) is 7. The fourth-order valence-corrected chi connectivity index (χ4v) is 2.80. The van der Waals surface area contributed by atoms with Crippen LogP contribution in [0.5, 0.6) is 0 Å². The largest absolute Gasteiger partial charge is 0.378 e. The number of aromatic nitrogens is 5. The van der Waals surface area contributed by atoms with Crippen molar-refractivity contribution in [3.05, 3.63) is 42.0 Å². The molecular formula is C16H18FN7O. The minimum atomic E-state index is -0.326. The first kappa shape index (κ1) is 15.9. The van der Waals surface area contributed by atoms with E-state index in [0.717, 1.165) is 24.4 Å². The Balaban J connectivity index is 1.52. The third kappa shape index (κ3) is 3.42. The summed E-state index contributed by atoms with van der Waals surface area (Å²) in [5.74, 6) is 1.13. The number of halogens is 1. The van der Waals surface area contributed by atoms with Gasteiger partial charge in [-0.25, -0.2) is 19.3 Å². The first-order chi connectivity index (χ1) is 12.3. The molecule has 25 heavy (non-hydrogen) atoms. The molecule has 0 spiro atoms. The van der Waals surface area contributed by atoms with Crippen LogP contribution in [0.2, 0.25) is 0 Å². The van der Waals surface area contributed by atoms with Crippen LogP contribution in [-0.4, -0.2) is 51.2 Å². The van der Waals surface area contributed by atoms with E-state index >= 15 is 0 Å². The first-order valence-electron chi connectivity index (χ1n) is 8.13. The second-order valence-corrected chi connectivity index (χ2v) is 5.73. The van der Waals surface area contributed by atoms with Crippen molar-refractivity contribution < 1.29 is 9.13 Å². The molecule has 2 N–H and O–H groups in total. The molecule has 9 heteroatoms. The highest BCUT2D eigenvalue weighted by molar-refractivity contribution is 5.83. The summed E-state index contributed by atoms with van der Waals surface area (Å²) >= 11 is 0. The molecule has 3 aromatic heterocycles. The number of nitrogens with one attached hydrogen (secondary N) is 2. The second kappa shape index (κ2) is 7.08. The number of anilines is 1. The van der Waals surface area contributed by atoms with Gasteiger partial charge in [0, 0.05) is 31.4 Å². The highest BCUT2D eigenvalue weighted by atomic mass is 19.1. The van der Waals surface area contributed by atoms with Gasteiger partial charge in [0.2, 0.25) is 0 Å². The zero-order chi connectivity index (χ0) is 17.1. The van der Waals surface area contributed by atoms with Gasteiger partial charge in [-0.1, -0.05) is 0 Å². The molecule has 0 aromatic carbocycles. The van der Waals surface area contributed by atoms with Gasteiger partial charge in [0.15, 0.2) is 11.5 Å². The number of ether oxygens (including phenoxy) is 1. The molecular weight excluding hydrogens is 325 g/mol. The maximum atomic E-state index is 13.6. The Morgan fingerprint density at radius 3 is 2.96 bits per heavy atom. The lowest BCUT2D eigenvalue weighted by Crippen LogP contribution is -2.37. The summed E-state index contributed by atoms with van der Waals surface area (Å²) in [6.07, 6.45) is 4.40. The van der Waals surface area contributed by atoms with Crippen LogP contribution in [-0.2, 0) is 17.8 Å². The van der Waals surface area contributed by atoms with Crippen molar-refractivity contribution in [1.29, 1.82) is 0 Å². The highest BCUT2D eigenvalue weighted by Crippen LogP contribution is 2.22. The second-order valence-electron chi connectivity index (χ2n) is 5.73. The maximum absolute atomic E-state index is 13.6. The lowest BCUT2D eigenvalue weighted by Gasteiger charge is -2.28. The number of hydrogen-bond donors (Lipinski definition) is 2. The molecule has 0 saturated carbocycles. The van der Waals surface area contributed by atoms with Gasteiger partial charge in [-0.15, -0.1) is 0 Å². The molecule has 0 radical (unpaired) electrons. The number of imidazole rings is 1. The monoisotopic (exact) mass is 343 g/mol. The molecule has 130 valence electrons. The van der Waals surface area contributed by atoms with E-state index in [1.165, 1.54) is 6.20 Å². The van der Waals surface area contributed by atoms with Gasteiger partial charge in [-0.3, -0.25) is 4.98 Å². The Morgan fingerprint density at radius 2 is 2.12 bits per heavy atom. The molecule has 0 unspecified atom stereocenters. The predicted molar refractivity (Wildman–Crippen MR) is 89.5 cm³/mol. The van der Waals surface area contributed by atoms with E-state index < -0.39 is 0 Å². The average molecular weight is 343 g/mol. The maximum Gasteiger partial charge on any atom is 0.183 e. The molecule has 1 fully saturated rings. The van der Waals surface area contributed by atoms with Gasteiger partial charge in [0.1, 0.15) is 17.2 Å². The zero-order valence-corrected chi connectivity index (χ0v) is 13.6. The summed E-state index contributed by atoms with van der Waals surface area (Å²) < 4.78 is 19.0.